The number of amides is 1. The number of carbonyl (C=O) groups excluding carboxylic acids is 1. The number of aliphatic hydroxyl groups excluding tert-OH is 1. The summed E-state index contributed by atoms with van der Waals surface area (Å²) < 4.78 is 1.96. The van der Waals surface area contributed by atoms with Crippen LogP contribution in [0.2, 0.25) is 0 Å². The Hall–Kier alpha value is -2.41. The molecule has 7 nitrogen and oxygen atoms in total. The van der Waals surface area contributed by atoms with E-state index < -0.39 is 0 Å². The minimum Gasteiger partial charge on any atom is -0.394 e. The normalized spacial score (nSPS) is 16.6. The molecule has 0 unspecified atom stereocenters. The molecule has 2 aromatic heterocycles. The predicted octanol–water partition coefficient (Wildman–Crippen LogP) is 1.62. The summed E-state index contributed by atoms with van der Waals surface area (Å²) in [7, 11) is 0. The summed E-state index contributed by atoms with van der Waals surface area (Å²) in [6.07, 6.45) is 7.37. The molecule has 7 heteroatoms. The first-order valence-electron chi connectivity index (χ1n) is 8.76. The van der Waals surface area contributed by atoms with Gasteiger partial charge in [-0.05, 0) is 43.9 Å². The van der Waals surface area contributed by atoms with E-state index in [1.165, 1.54) is 0 Å². The number of anilines is 1. The summed E-state index contributed by atoms with van der Waals surface area (Å²) in [4.78, 5) is 18.8. The maximum Gasteiger partial charge on any atom is 0.255 e. The molecule has 1 aliphatic rings. The number of pyridine rings is 1. The van der Waals surface area contributed by atoms with Crippen LogP contribution in [0.5, 0.6) is 0 Å². The van der Waals surface area contributed by atoms with Crippen molar-refractivity contribution in [2.75, 3.05) is 25.0 Å². The zero-order valence-corrected chi connectivity index (χ0v) is 14.5. The fraction of sp³-hybridized carbons (Fsp3) is 0.500. The Kier molecular flexibility index (Phi) is 5.65. The highest BCUT2D eigenvalue weighted by Gasteiger charge is 2.24. The van der Waals surface area contributed by atoms with Crippen molar-refractivity contribution in [1.82, 2.24) is 19.7 Å². The lowest BCUT2D eigenvalue weighted by Crippen LogP contribution is -2.39. The number of likely N-dealkylation sites (tertiary alicyclic amines) is 1. The van der Waals surface area contributed by atoms with Gasteiger partial charge in [0.2, 0.25) is 0 Å². The highest BCUT2D eigenvalue weighted by molar-refractivity contribution is 5.94. The summed E-state index contributed by atoms with van der Waals surface area (Å²) >= 11 is 0. The maximum atomic E-state index is 12.6. The second kappa shape index (κ2) is 8.11. The first-order valence-corrected chi connectivity index (χ1v) is 8.76. The van der Waals surface area contributed by atoms with Gasteiger partial charge < -0.3 is 15.3 Å². The monoisotopic (exact) mass is 343 g/mol. The van der Waals surface area contributed by atoms with Crippen molar-refractivity contribution in [1.29, 1.82) is 0 Å². The van der Waals surface area contributed by atoms with E-state index in [4.69, 9.17) is 5.11 Å². The van der Waals surface area contributed by atoms with Crippen molar-refractivity contribution >= 4 is 11.7 Å². The molecule has 3 heterocycles. The smallest absolute Gasteiger partial charge is 0.255 e. The Morgan fingerprint density at radius 2 is 2.20 bits per heavy atom. The van der Waals surface area contributed by atoms with Crippen LogP contribution in [0.25, 0.3) is 0 Å². The third-order valence-electron chi connectivity index (χ3n) is 4.58. The third kappa shape index (κ3) is 4.57. The van der Waals surface area contributed by atoms with E-state index in [0.717, 1.165) is 32.5 Å². The van der Waals surface area contributed by atoms with E-state index in [1.807, 2.05) is 28.8 Å². The molecule has 0 aromatic carbocycles. The van der Waals surface area contributed by atoms with Gasteiger partial charge in [-0.2, -0.15) is 5.10 Å². The Labute approximate surface area is 147 Å². The average Bonchev–Trinajstić information content (AvgIpc) is 3.15. The van der Waals surface area contributed by atoms with E-state index in [0.29, 0.717) is 17.3 Å². The summed E-state index contributed by atoms with van der Waals surface area (Å²) in [5.41, 5.74) is 0.604. The van der Waals surface area contributed by atoms with E-state index in [1.54, 1.807) is 24.5 Å². The van der Waals surface area contributed by atoms with Crippen molar-refractivity contribution in [3.8, 4) is 0 Å². The molecule has 2 aromatic rings. The summed E-state index contributed by atoms with van der Waals surface area (Å²) in [5.74, 6) is 1.26. The zero-order chi connectivity index (χ0) is 17.6. The Balaban J connectivity index is 1.52. The van der Waals surface area contributed by atoms with Gasteiger partial charge in [0.05, 0.1) is 12.2 Å². The molecule has 25 heavy (non-hydrogen) atoms. The molecule has 0 aliphatic carbocycles. The number of nitrogens with zero attached hydrogens (tertiary/aromatic N) is 4. The largest absolute Gasteiger partial charge is 0.394 e. The number of rotatable bonds is 6. The van der Waals surface area contributed by atoms with E-state index >= 15 is 0 Å². The number of piperidine rings is 1. The van der Waals surface area contributed by atoms with Gasteiger partial charge >= 0.3 is 0 Å². The van der Waals surface area contributed by atoms with Gasteiger partial charge in [0.1, 0.15) is 5.82 Å². The molecular formula is C18H25N5O2. The lowest BCUT2D eigenvalue weighted by Gasteiger charge is -2.32. The molecule has 3 rings (SSSR count). The van der Waals surface area contributed by atoms with Crippen molar-refractivity contribution in [2.45, 2.75) is 32.4 Å². The molecule has 0 radical (unpaired) electrons. The standard InChI is InChI=1S/C18H25N5O2/c1-14(13-24)21-17-4-3-16(11-19-17)18(25)22-9-5-15(6-10-22)12-23-8-2-7-20-23/h2-4,7-8,11,14-15,24H,5-6,9-10,12-13H2,1H3,(H,19,21)/t14-/m0/s1. The molecule has 0 spiro atoms. The van der Waals surface area contributed by atoms with Crippen LogP contribution in [0.1, 0.15) is 30.1 Å². The van der Waals surface area contributed by atoms with Gasteiger partial charge in [-0.25, -0.2) is 4.98 Å². The lowest BCUT2D eigenvalue weighted by molar-refractivity contribution is 0.0681. The fourth-order valence-corrected chi connectivity index (χ4v) is 3.08. The number of aliphatic hydroxyl groups is 1. The van der Waals surface area contributed by atoms with Gasteiger partial charge in [-0.15, -0.1) is 0 Å². The van der Waals surface area contributed by atoms with Gasteiger partial charge in [0, 0.05) is 44.3 Å². The van der Waals surface area contributed by atoms with Crippen LogP contribution in [-0.4, -0.2) is 56.4 Å². The number of hydrogen-bond donors (Lipinski definition) is 2. The molecule has 1 amide bonds. The molecule has 0 bridgehead atoms. The molecule has 1 saturated heterocycles. The molecule has 0 saturated carbocycles. The van der Waals surface area contributed by atoms with E-state index in [9.17, 15) is 4.79 Å². The fourth-order valence-electron chi connectivity index (χ4n) is 3.08. The molecule has 1 atom stereocenters. The quantitative estimate of drug-likeness (QED) is 0.833. The molecule has 134 valence electrons. The van der Waals surface area contributed by atoms with E-state index in [2.05, 4.69) is 15.4 Å². The Morgan fingerprint density at radius 3 is 2.80 bits per heavy atom. The molecule has 2 N–H and O–H groups in total. The van der Waals surface area contributed by atoms with E-state index in [-0.39, 0.29) is 18.6 Å². The van der Waals surface area contributed by atoms with Crippen molar-refractivity contribution < 1.29 is 9.90 Å². The first kappa shape index (κ1) is 17.4. The highest BCUT2D eigenvalue weighted by atomic mass is 16.3. The van der Waals surface area contributed by atoms with Crippen LogP contribution in [0.4, 0.5) is 5.82 Å². The lowest BCUT2D eigenvalue weighted by atomic mass is 9.96. The predicted molar refractivity (Wildman–Crippen MR) is 95.3 cm³/mol. The van der Waals surface area contributed by atoms with Gasteiger partial charge in [0.15, 0.2) is 0 Å². The third-order valence-corrected chi connectivity index (χ3v) is 4.58. The minimum absolute atomic E-state index is 0.0341. The Morgan fingerprint density at radius 1 is 1.40 bits per heavy atom. The summed E-state index contributed by atoms with van der Waals surface area (Å²) in [6, 6.07) is 5.44. The minimum atomic E-state index is -0.0668. The summed E-state index contributed by atoms with van der Waals surface area (Å²) in [6.45, 7) is 4.36. The van der Waals surface area contributed by atoms with Crippen LogP contribution < -0.4 is 5.32 Å². The van der Waals surface area contributed by atoms with Gasteiger partial charge in [0.25, 0.3) is 5.91 Å². The van der Waals surface area contributed by atoms with Crippen LogP contribution in [0.15, 0.2) is 36.8 Å². The maximum absolute atomic E-state index is 12.6. The number of nitrogens with one attached hydrogen (secondary N) is 1. The van der Waals surface area contributed by atoms with Crippen LogP contribution in [0.3, 0.4) is 0 Å². The zero-order valence-electron chi connectivity index (χ0n) is 14.5. The van der Waals surface area contributed by atoms with Gasteiger partial charge in [-0.1, -0.05) is 0 Å². The molecule has 1 aliphatic heterocycles. The molecular weight excluding hydrogens is 318 g/mol. The highest BCUT2D eigenvalue weighted by Crippen LogP contribution is 2.20. The number of aromatic nitrogens is 3. The topological polar surface area (TPSA) is 83.3 Å². The van der Waals surface area contributed by atoms with Crippen molar-refractivity contribution in [2.24, 2.45) is 5.92 Å². The van der Waals surface area contributed by atoms with Gasteiger partial charge in [-0.3, -0.25) is 9.48 Å². The number of hydrogen-bond acceptors (Lipinski definition) is 5. The van der Waals surface area contributed by atoms with Crippen LogP contribution >= 0.6 is 0 Å². The van der Waals surface area contributed by atoms with Crippen LogP contribution in [-0.2, 0) is 6.54 Å². The SMILES string of the molecule is C[C@@H](CO)Nc1ccc(C(=O)N2CCC(Cn3cccn3)CC2)cn1. The average molecular weight is 343 g/mol. The molecule has 1 fully saturated rings. The van der Waals surface area contributed by atoms with Crippen molar-refractivity contribution in [3.63, 3.8) is 0 Å². The number of carbonyl (C=O) groups is 1. The van der Waals surface area contributed by atoms with Crippen molar-refractivity contribution in [3.05, 3.63) is 42.4 Å². The van der Waals surface area contributed by atoms with Crippen LogP contribution in [0, 0.1) is 5.92 Å². The second-order valence-corrected chi connectivity index (χ2v) is 6.62. The Bertz CT molecular complexity index is 663. The second-order valence-electron chi connectivity index (χ2n) is 6.62. The first-order chi connectivity index (χ1) is 12.2. The summed E-state index contributed by atoms with van der Waals surface area (Å²) in [5, 5.41) is 16.4.